The largest absolute Gasteiger partial charge is 0.504 e. The lowest BCUT2D eigenvalue weighted by Gasteiger charge is -2.49. The summed E-state index contributed by atoms with van der Waals surface area (Å²) in [4.78, 5) is 65.8. The molecule has 6 atom stereocenters. The number of aromatic hydroxyl groups is 1. The number of piperidine rings is 1. The van der Waals surface area contributed by atoms with Crippen LogP contribution in [0.15, 0.2) is 84.4 Å². The van der Waals surface area contributed by atoms with Crippen molar-refractivity contribution in [1.82, 2.24) is 19.6 Å². The molecule has 13 heteroatoms. The summed E-state index contributed by atoms with van der Waals surface area (Å²) in [5, 5.41) is 17.3. The molecule has 3 aromatic carbocycles. The molecule has 1 N–H and O–H groups in total. The molecule has 2 aromatic heterocycles. The summed E-state index contributed by atoms with van der Waals surface area (Å²) >= 11 is 7.94. The Kier molecular flexibility index (Phi) is 9.76. The first kappa shape index (κ1) is 39.8. The number of halogens is 1. The number of aromatic nitrogens is 2. The van der Waals surface area contributed by atoms with Crippen molar-refractivity contribution in [3.05, 3.63) is 106 Å². The minimum absolute atomic E-state index is 0.0314. The van der Waals surface area contributed by atoms with Crippen LogP contribution in [-0.2, 0) is 32.8 Å². The summed E-state index contributed by atoms with van der Waals surface area (Å²) in [6, 6.07) is 22.8. The predicted molar refractivity (Wildman–Crippen MR) is 234 cm³/mol. The van der Waals surface area contributed by atoms with Crippen LogP contribution < -0.4 is 9.64 Å². The van der Waals surface area contributed by atoms with Gasteiger partial charge in [0.2, 0.25) is 23.6 Å². The number of rotatable bonds is 8. The van der Waals surface area contributed by atoms with Crippen molar-refractivity contribution in [2.45, 2.75) is 65.0 Å². The molecule has 5 aromatic rings. The lowest BCUT2D eigenvalue weighted by Crippen LogP contribution is -2.49. The minimum Gasteiger partial charge on any atom is -0.504 e. The van der Waals surface area contributed by atoms with Crippen molar-refractivity contribution < 1.29 is 29.0 Å². The zero-order valence-corrected chi connectivity index (χ0v) is 36.2. The molecule has 3 saturated heterocycles. The van der Waals surface area contributed by atoms with E-state index in [0.717, 1.165) is 45.7 Å². The highest BCUT2D eigenvalue weighted by molar-refractivity contribution is 7.22. The van der Waals surface area contributed by atoms with E-state index in [4.69, 9.17) is 21.4 Å². The van der Waals surface area contributed by atoms with Gasteiger partial charge in [-0.3, -0.25) is 33.7 Å². The van der Waals surface area contributed by atoms with E-state index >= 15 is 9.59 Å². The molecule has 0 spiro atoms. The number of hydrogen-bond donors (Lipinski definition) is 1. The van der Waals surface area contributed by atoms with E-state index in [1.165, 1.54) is 10.5 Å². The van der Waals surface area contributed by atoms with Crippen LogP contribution in [0, 0.1) is 36.0 Å². The molecule has 0 radical (unpaired) electrons. The van der Waals surface area contributed by atoms with E-state index in [1.54, 1.807) is 46.2 Å². The molecular formula is C48H48ClN5O6S. The summed E-state index contributed by atoms with van der Waals surface area (Å²) < 4.78 is 8.50. The summed E-state index contributed by atoms with van der Waals surface area (Å²) in [7, 11) is 1.74. The van der Waals surface area contributed by atoms with Gasteiger partial charge in [-0.05, 0) is 105 Å². The van der Waals surface area contributed by atoms with Crippen LogP contribution in [0.25, 0.3) is 20.7 Å². The third-order valence-corrected chi connectivity index (χ3v) is 15.8. The van der Waals surface area contributed by atoms with Crippen LogP contribution >= 0.6 is 22.9 Å². The van der Waals surface area contributed by atoms with Gasteiger partial charge < -0.3 is 9.84 Å². The lowest BCUT2D eigenvalue weighted by molar-refractivity contribution is -0.144. The van der Waals surface area contributed by atoms with Gasteiger partial charge in [-0.1, -0.05) is 59.6 Å². The first-order valence-electron chi connectivity index (χ1n) is 21.3. The molecule has 5 aliphatic rings. The van der Waals surface area contributed by atoms with Gasteiger partial charge in [-0.15, -0.1) is 11.3 Å². The average Bonchev–Trinajstić information content (AvgIpc) is 3.92. The number of benzene rings is 3. The zero-order chi connectivity index (χ0) is 42.5. The number of likely N-dealkylation sites (tertiary alicyclic amines) is 2. The van der Waals surface area contributed by atoms with Gasteiger partial charge in [0.1, 0.15) is 11.5 Å². The van der Waals surface area contributed by atoms with Gasteiger partial charge in [0.25, 0.3) is 0 Å². The van der Waals surface area contributed by atoms with Crippen LogP contribution in [-0.4, -0.2) is 74.1 Å². The van der Waals surface area contributed by atoms with E-state index in [9.17, 15) is 14.7 Å². The Morgan fingerprint density at radius 2 is 1.72 bits per heavy atom. The average molecular weight is 858 g/mol. The quantitative estimate of drug-likeness (QED) is 0.122. The summed E-state index contributed by atoms with van der Waals surface area (Å²) in [5.41, 5.74) is 3.22. The normalized spacial score (nSPS) is 26.8. The molecule has 3 aliphatic heterocycles. The Labute approximate surface area is 363 Å². The molecule has 6 unspecified atom stereocenters. The van der Waals surface area contributed by atoms with Gasteiger partial charge in [-0.2, -0.15) is 5.10 Å². The predicted octanol–water partition coefficient (Wildman–Crippen LogP) is 8.26. The van der Waals surface area contributed by atoms with Crippen LogP contribution in [0.1, 0.15) is 62.1 Å². The summed E-state index contributed by atoms with van der Waals surface area (Å²) in [5.74, 6) is -3.46. The van der Waals surface area contributed by atoms with Crippen molar-refractivity contribution in [1.29, 1.82) is 0 Å². The number of fused-ring (bicyclic) bond motifs is 5. The van der Waals surface area contributed by atoms with Crippen molar-refractivity contribution in [3.8, 4) is 22.1 Å². The van der Waals surface area contributed by atoms with Gasteiger partial charge >= 0.3 is 0 Å². The summed E-state index contributed by atoms with van der Waals surface area (Å²) in [6.07, 6.45) is 4.10. The number of thiophene rings is 1. The third-order valence-electron chi connectivity index (χ3n) is 14.3. The number of nitrogens with zero attached hydrogens (tertiary/aromatic N) is 5. The maximum absolute atomic E-state index is 15.3. The summed E-state index contributed by atoms with van der Waals surface area (Å²) in [6.45, 7) is 8.42. The first-order valence-corrected chi connectivity index (χ1v) is 22.5. The Morgan fingerprint density at radius 3 is 2.48 bits per heavy atom. The van der Waals surface area contributed by atoms with Crippen LogP contribution in [0.3, 0.4) is 0 Å². The highest BCUT2D eigenvalue weighted by Gasteiger charge is 2.68. The van der Waals surface area contributed by atoms with Gasteiger partial charge in [0, 0.05) is 54.4 Å². The van der Waals surface area contributed by atoms with Crippen LogP contribution in [0.5, 0.6) is 11.5 Å². The van der Waals surface area contributed by atoms with Crippen molar-refractivity contribution in [3.63, 3.8) is 0 Å². The minimum atomic E-state index is -1.27. The Morgan fingerprint density at radius 1 is 0.951 bits per heavy atom. The van der Waals surface area contributed by atoms with Crippen molar-refractivity contribution >= 4 is 62.5 Å². The number of ether oxygens (including phenoxy) is 1. The van der Waals surface area contributed by atoms with Gasteiger partial charge in [0.15, 0.2) is 11.5 Å². The lowest BCUT2D eigenvalue weighted by atomic mass is 9.51. The zero-order valence-electron chi connectivity index (χ0n) is 34.6. The fourth-order valence-corrected chi connectivity index (χ4v) is 12.7. The third kappa shape index (κ3) is 6.19. The number of aryl methyl sites for hydroxylation is 2. The number of phenolic OH excluding ortho intramolecular Hbond substituents is 1. The number of imide groups is 2. The van der Waals surface area contributed by atoms with Crippen molar-refractivity contribution in [2.24, 2.45) is 36.1 Å². The fraction of sp³-hybridized carbons (Fsp3) is 0.396. The number of carbonyl (C=O) groups excluding carboxylic acids is 4. The molecular weight excluding hydrogens is 810 g/mol. The topological polar surface area (TPSA) is 125 Å². The SMILES string of the molecule is CCOc1cc(C2C3=CCC4C(=O)N(C5CCN(Cc6ccccc6)CC5)C(=O)C4C3CC3C(=O)N(c4cc(-c5sc6ccc(Cl)cc6c5C)nn4C)C(=O)C32C)ccc1O. The number of phenols is 1. The Bertz CT molecular complexity index is 2670. The molecule has 61 heavy (non-hydrogen) atoms. The van der Waals surface area contributed by atoms with E-state index in [-0.39, 0.29) is 47.6 Å². The fourth-order valence-electron chi connectivity index (χ4n) is 11.4. The molecule has 314 valence electrons. The van der Waals surface area contributed by atoms with Crippen LogP contribution in [0.2, 0.25) is 5.02 Å². The highest BCUT2D eigenvalue weighted by atomic mass is 35.5. The van der Waals surface area contributed by atoms with E-state index in [1.807, 2.05) is 63.2 Å². The molecule has 0 bridgehead atoms. The molecule has 4 fully saturated rings. The Balaban J connectivity index is 1.00. The Hall–Kier alpha value is -5.30. The molecule has 11 nitrogen and oxygen atoms in total. The maximum Gasteiger partial charge on any atom is 0.242 e. The number of carbonyl (C=O) groups is 4. The molecule has 4 amide bonds. The molecule has 5 heterocycles. The van der Waals surface area contributed by atoms with E-state index < -0.39 is 35.0 Å². The second-order valence-corrected chi connectivity index (χ2v) is 19.1. The second kappa shape index (κ2) is 15.0. The maximum atomic E-state index is 15.3. The molecule has 2 aliphatic carbocycles. The molecule has 10 rings (SSSR count). The standard InChI is InChI=1S/C48H48ClN5O6S/c1-5-60-38-21-28(11-15-37(38)55)42-31-13-14-32-41(46(58)53(44(32)56)30-17-19-52(20-18-30)25-27-9-7-6-8-10-27)34(31)23-35-45(57)54(47(59)48(35,42)3)40-24-36(50-51(40)4)43-26(2)33-22-29(49)12-16-39(33)61-43/h6-13,15-16,21-22,24,30,32,34-35,41-42,55H,5,14,17-20,23,25H2,1-4H3. The highest BCUT2D eigenvalue weighted by Crippen LogP contribution is 2.64. The van der Waals surface area contributed by atoms with Crippen LogP contribution in [0.4, 0.5) is 5.82 Å². The second-order valence-electron chi connectivity index (χ2n) is 17.6. The van der Waals surface area contributed by atoms with Gasteiger partial charge in [-0.25, -0.2) is 4.90 Å². The van der Waals surface area contributed by atoms with Crippen molar-refractivity contribution in [2.75, 3.05) is 24.6 Å². The smallest absolute Gasteiger partial charge is 0.242 e. The number of allylic oxidation sites excluding steroid dienone is 2. The first-order chi connectivity index (χ1) is 29.4. The van der Waals surface area contributed by atoms with E-state index in [0.29, 0.717) is 48.0 Å². The number of hydrogen-bond acceptors (Lipinski definition) is 9. The van der Waals surface area contributed by atoms with E-state index in [2.05, 4.69) is 23.1 Å². The number of anilines is 1. The number of amides is 4. The molecule has 1 saturated carbocycles. The monoisotopic (exact) mass is 857 g/mol. The van der Waals surface area contributed by atoms with Gasteiger partial charge in [0.05, 0.1) is 34.7 Å².